The highest BCUT2D eigenvalue weighted by atomic mass is 15.2. The number of likely N-dealkylation sites (tertiary alicyclic amines) is 1. The first-order valence-electron chi connectivity index (χ1n) is 4.68. The van der Waals surface area contributed by atoms with E-state index in [1.54, 1.807) is 0 Å². The van der Waals surface area contributed by atoms with Crippen molar-refractivity contribution >= 4 is 5.96 Å². The quantitative estimate of drug-likeness (QED) is 0.483. The van der Waals surface area contributed by atoms with Crippen molar-refractivity contribution in [1.82, 2.24) is 4.90 Å². The van der Waals surface area contributed by atoms with Crippen molar-refractivity contribution in [2.75, 3.05) is 13.1 Å². The molecule has 0 radical (unpaired) electrons. The standard InChI is InChI=1S/C9H19N3/c1-7(2)5-8-3-4-12(6-8)9(10)11/h7-8H,3-6H2,1-2H3,(H3,10,11). The number of rotatable bonds is 2. The van der Waals surface area contributed by atoms with Crippen molar-refractivity contribution in [3.63, 3.8) is 0 Å². The van der Waals surface area contributed by atoms with E-state index in [9.17, 15) is 0 Å². The SMILES string of the molecule is CC(C)CC1CCN(C(=N)N)C1. The summed E-state index contributed by atoms with van der Waals surface area (Å²) in [5.74, 6) is 1.76. The third-order valence-corrected chi connectivity index (χ3v) is 2.43. The fourth-order valence-electron chi connectivity index (χ4n) is 1.91. The van der Waals surface area contributed by atoms with Crippen molar-refractivity contribution in [1.29, 1.82) is 5.41 Å². The zero-order chi connectivity index (χ0) is 9.14. The van der Waals surface area contributed by atoms with Gasteiger partial charge in [-0.15, -0.1) is 0 Å². The Morgan fingerprint density at radius 1 is 1.67 bits per heavy atom. The maximum Gasteiger partial charge on any atom is 0.188 e. The third-order valence-electron chi connectivity index (χ3n) is 2.43. The molecule has 3 N–H and O–H groups in total. The van der Waals surface area contributed by atoms with Gasteiger partial charge in [0, 0.05) is 13.1 Å². The van der Waals surface area contributed by atoms with Crippen LogP contribution in [0.5, 0.6) is 0 Å². The molecule has 1 atom stereocenters. The van der Waals surface area contributed by atoms with Gasteiger partial charge in [-0.1, -0.05) is 13.8 Å². The van der Waals surface area contributed by atoms with E-state index in [1.165, 1.54) is 12.8 Å². The first kappa shape index (κ1) is 9.36. The second kappa shape index (κ2) is 3.78. The van der Waals surface area contributed by atoms with Crippen molar-refractivity contribution in [2.45, 2.75) is 26.7 Å². The Kier molecular flexibility index (Phi) is 2.95. The predicted molar refractivity (Wildman–Crippen MR) is 51.0 cm³/mol. The van der Waals surface area contributed by atoms with Gasteiger partial charge in [-0.25, -0.2) is 0 Å². The molecule has 1 fully saturated rings. The second-order valence-electron chi connectivity index (χ2n) is 4.12. The molecule has 0 spiro atoms. The Bertz CT molecular complexity index is 165. The molecular weight excluding hydrogens is 150 g/mol. The van der Waals surface area contributed by atoms with Crippen LogP contribution in [0.3, 0.4) is 0 Å². The van der Waals surface area contributed by atoms with Gasteiger partial charge in [0.2, 0.25) is 0 Å². The van der Waals surface area contributed by atoms with E-state index in [2.05, 4.69) is 13.8 Å². The van der Waals surface area contributed by atoms with Gasteiger partial charge in [-0.05, 0) is 24.7 Å². The second-order valence-corrected chi connectivity index (χ2v) is 4.12. The molecule has 0 aromatic carbocycles. The van der Waals surface area contributed by atoms with Gasteiger partial charge in [-0.2, -0.15) is 0 Å². The third kappa shape index (κ3) is 2.40. The van der Waals surface area contributed by atoms with Gasteiger partial charge in [0.15, 0.2) is 5.96 Å². The van der Waals surface area contributed by atoms with Crippen LogP contribution in [0, 0.1) is 17.2 Å². The molecule has 0 aromatic heterocycles. The molecule has 1 saturated heterocycles. The van der Waals surface area contributed by atoms with Crippen molar-refractivity contribution in [2.24, 2.45) is 17.6 Å². The van der Waals surface area contributed by atoms with Gasteiger partial charge < -0.3 is 10.6 Å². The fourth-order valence-corrected chi connectivity index (χ4v) is 1.91. The Morgan fingerprint density at radius 3 is 2.75 bits per heavy atom. The molecule has 12 heavy (non-hydrogen) atoms. The number of hydrogen-bond acceptors (Lipinski definition) is 1. The minimum atomic E-state index is 0.237. The van der Waals surface area contributed by atoms with Gasteiger partial charge in [-0.3, -0.25) is 5.41 Å². The first-order valence-corrected chi connectivity index (χ1v) is 4.68. The lowest BCUT2D eigenvalue weighted by Crippen LogP contribution is -2.34. The summed E-state index contributed by atoms with van der Waals surface area (Å²) in [4.78, 5) is 1.97. The minimum Gasteiger partial charge on any atom is -0.370 e. The summed E-state index contributed by atoms with van der Waals surface area (Å²) in [6.45, 7) is 6.47. The molecule has 0 amide bonds. The molecule has 0 saturated carbocycles. The zero-order valence-corrected chi connectivity index (χ0v) is 8.01. The number of nitrogens with zero attached hydrogens (tertiary/aromatic N) is 1. The molecule has 1 aliphatic heterocycles. The maximum atomic E-state index is 7.27. The van der Waals surface area contributed by atoms with Crippen molar-refractivity contribution in [3.05, 3.63) is 0 Å². The minimum absolute atomic E-state index is 0.237. The van der Waals surface area contributed by atoms with Gasteiger partial charge in [0.1, 0.15) is 0 Å². The summed E-state index contributed by atoms with van der Waals surface area (Å²) >= 11 is 0. The number of nitrogens with one attached hydrogen (secondary N) is 1. The van der Waals surface area contributed by atoms with Crippen LogP contribution in [0.25, 0.3) is 0 Å². The van der Waals surface area contributed by atoms with Crippen molar-refractivity contribution < 1.29 is 0 Å². The zero-order valence-electron chi connectivity index (χ0n) is 8.01. The molecule has 3 heteroatoms. The van der Waals surface area contributed by atoms with E-state index in [0.29, 0.717) is 0 Å². The monoisotopic (exact) mass is 169 g/mol. The highest BCUT2D eigenvalue weighted by molar-refractivity contribution is 5.74. The van der Waals surface area contributed by atoms with Gasteiger partial charge in [0.25, 0.3) is 0 Å². The van der Waals surface area contributed by atoms with Crippen LogP contribution in [0.1, 0.15) is 26.7 Å². The summed E-state index contributed by atoms with van der Waals surface area (Å²) in [5.41, 5.74) is 5.40. The first-order chi connectivity index (χ1) is 5.59. The molecule has 1 rings (SSSR count). The highest BCUT2D eigenvalue weighted by Gasteiger charge is 2.23. The Morgan fingerprint density at radius 2 is 2.33 bits per heavy atom. The smallest absolute Gasteiger partial charge is 0.188 e. The molecular formula is C9H19N3. The topological polar surface area (TPSA) is 53.1 Å². The molecule has 70 valence electrons. The van der Waals surface area contributed by atoms with E-state index < -0.39 is 0 Å². The number of nitrogens with two attached hydrogens (primary N) is 1. The average molecular weight is 169 g/mol. The number of hydrogen-bond donors (Lipinski definition) is 2. The average Bonchev–Trinajstić information content (AvgIpc) is 2.34. The van der Waals surface area contributed by atoms with Gasteiger partial charge >= 0.3 is 0 Å². The predicted octanol–water partition coefficient (Wildman–Crippen LogP) is 1.25. The van der Waals surface area contributed by atoms with Crippen LogP contribution in [-0.4, -0.2) is 23.9 Å². The summed E-state index contributed by atoms with van der Waals surface area (Å²) < 4.78 is 0. The van der Waals surface area contributed by atoms with E-state index in [1.807, 2.05) is 4.90 Å². The molecule has 1 heterocycles. The van der Waals surface area contributed by atoms with E-state index in [4.69, 9.17) is 11.1 Å². The van der Waals surface area contributed by atoms with E-state index >= 15 is 0 Å². The van der Waals surface area contributed by atoms with Crippen LogP contribution < -0.4 is 5.73 Å². The molecule has 0 aromatic rings. The number of guanidine groups is 1. The van der Waals surface area contributed by atoms with Crippen LogP contribution in [-0.2, 0) is 0 Å². The van der Waals surface area contributed by atoms with E-state index in [-0.39, 0.29) is 5.96 Å². The van der Waals surface area contributed by atoms with Crippen LogP contribution >= 0.6 is 0 Å². The normalized spacial score (nSPS) is 23.6. The fraction of sp³-hybridized carbons (Fsp3) is 0.889. The summed E-state index contributed by atoms with van der Waals surface area (Å²) in [6, 6.07) is 0. The van der Waals surface area contributed by atoms with Crippen LogP contribution in [0.15, 0.2) is 0 Å². The lowest BCUT2D eigenvalue weighted by molar-refractivity contribution is 0.407. The molecule has 0 aliphatic carbocycles. The molecule has 1 unspecified atom stereocenters. The maximum absolute atomic E-state index is 7.27. The van der Waals surface area contributed by atoms with E-state index in [0.717, 1.165) is 24.9 Å². The lowest BCUT2D eigenvalue weighted by atomic mass is 9.97. The van der Waals surface area contributed by atoms with Gasteiger partial charge in [0.05, 0.1) is 0 Å². The largest absolute Gasteiger partial charge is 0.370 e. The van der Waals surface area contributed by atoms with Crippen molar-refractivity contribution in [3.8, 4) is 0 Å². The Balaban J connectivity index is 2.30. The molecule has 1 aliphatic rings. The summed E-state index contributed by atoms with van der Waals surface area (Å²) in [7, 11) is 0. The highest BCUT2D eigenvalue weighted by Crippen LogP contribution is 2.22. The Labute approximate surface area is 74.4 Å². The Hall–Kier alpha value is -0.730. The summed E-state index contributed by atoms with van der Waals surface area (Å²) in [6.07, 6.45) is 2.47. The lowest BCUT2D eigenvalue weighted by Gasteiger charge is -2.16. The van der Waals surface area contributed by atoms with Crippen LogP contribution in [0.4, 0.5) is 0 Å². The molecule has 0 bridgehead atoms. The summed E-state index contributed by atoms with van der Waals surface area (Å²) in [5, 5.41) is 7.27. The molecule has 3 nitrogen and oxygen atoms in total. The van der Waals surface area contributed by atoms with Crippen LogP contribution in [0.2, 0.25) is 0 Å².